The number of aromatic nitrogens is 1. The van der Waals surface area contributed by atoms with Crippen molar-refractivity contribution in [2.45, 2.75) is 19.3 Å². The zero-order valence-corrected chi connectivity index (χ0v) is 11.3. The van der Waals surface area contributed by atoms with E-state index in [1.54, 1.807) is 11.3 Å². The average Bonchev–Trinajstić information content (AvgIpc) is 3.02. The summed E-state index contributed by atoms with van der Waals surface area (Å²) in [6.45, 7) is 0.855. The Balaban J connectivity index is 1.65. The molecule has 1 aliphatic carbocycles. The average molecular weight is 276 g/mol. The van der Waals surface area contributed by atoms with Crippen molar-refractivity contribution in [1.29, 1.82) is 0 Å². The summed E-state index contributed by atoms with van der Waals surface area (Å²) in [5, 5.41) is 15.2. The Kier molecular flexibility index (Phi) is 3.02. The van der Waals surface area contributed by atoms with Gasteiger partial charge in [-0.25, -0.2) is 4.98 Å². The Morgan fingerprint density at radius 1 is 1.53 bits per heavy atom. The predicted octanol–water partition coefficient (Wildman–Crippen LogP) is 2.62. The zero-order chi connectivity index (χ0) is 13.3. The van der Waals surface area contributed by atoms with Crippen molar-refractivity contribution in [3.05, 3.63) is 23.7 Å². The molecule has 0 amide bonds. The van der Waals surface area contributed by atoms with E-state index < -0.39 is 0 Å². The molecule has 0 atom stereocenters. The number of nitrogens with two attached hydrogens (primary N) is 1. The minimum atomic E-state index is 0.166. The van der Waals surface area contributed by atoms with Crippen LogP contribution in [-0.2, 0) is 0 Å². The second kappa shape index (κ2) is 4.70. The van der Waals surface area contributed by atoms with Gasteiger partial charge in [-0.1, -0.05) is 5.16 Å². The summed E-state index contributed by atoms with van der Waals surface area (Å²) in [6.07, 6.45) is 2.90. The third kappa shape index (κ3) is 2.63. The van der Waals surface area contributed by atoms with Crippen LogP contribution in [-0.4, -0.2) is 22.6 Å². The SMILES string of the molecule is N/C(CC1(CNc2ccc3ncsc3c2)CC1)=N/O. The lowest BCUT2D eigenvalue weighted by atomic mass is 10.0. The van der Waals surface area contributed by atoms with Gasteiger partial charge in [0.2, 0.25) is 0 Å². The van der Waals surface area contributed by atoms with E-state index in [-0.39, 0.29) is 5.41 Å². The lowest BCUT2D eigenvalue weighted by Gasteiger charge is -2.16. The Bertz CT molecular complexity index is 618. The van der Waals surface area contributed by atoms with Gasteiger partial charge in [-0.2, -0.15) is 0 Å². The number of hydrogen-bond donors (Lipinski definition) is 3. The van der Waals surface area contributed by atoms with Crippen LogP contribution < -0.4 is 11.1 Å². The number of amidine groups is 1. The van der Waals surface area contributed by atoms with Crippen molar-refractivity contribution in [3.8, 4) is 0 Å². The molecule has 1 heterocycles. The Morgan fingerprint density at radius 3 is 3.11 bits per heavy atom. The standard InChI is InChI=1S/C13H16N4OS/c14-12(17-18)6-13(3-4-13)7-15-9-1-2-10-11(5-9)19-8-16-10/h1-2,5,8,15,18H,3-4,6-7H2,(H2,14,17). The molecular weight excluding hydrogens is 260 g/mol. The zero-order valence-electron chi connectivity index (χ0n) is 10.5. The van der Waals surface area contributed by atoms with E-state index in [0.717, 1.165) is 30.6 Å². The van der Waals surface area contributed by atoms with E-state index in [2.05, 4.69) is 21.5 Å². The predicted molar refractivity (Wildman–Crippen MR) is 77.8 cm³/mol. The molecular formula is C13H16N4OS. The molecule has 3 rings (SSSR count). The van der Waals surface area contributed by atoms with Crippen LogP contribution in [0.5, 0.6) is 0 Å². The second-order valence-electron chi connectivity index (χ2n) is 5.16. The highest BCUT2D eigenvalue weighted by Gasteiger charge is 2.43. The lowest BCUT2D eigenvalue weighted by molar-refractivity contribution is 0.315. The molecule has 4 N–H and O–H groups in total. The van der Waals surface area contributed by atoms with Gasteiger partial charge < -0.3 is 16.3 Å². The number of rotatable bonds is 5. The van der Waals surface area contributed by atoms with Crippen LogP contribution in [0.3, 0.4) is 0 Å². The van der Waals surface area contributed by atoms with Gasteiger partial charge in [0.25, 0.3) is 0 Å². The van der Waals surface area contributed by atoms with Crippen LogP contribution in [0.25, 0.3) is 10.2 Å². The summed E-state index contributed by atoms with van der Waals surface area (Å²) in [6, 6.07) is 6.19. The molecule has 1 aromatic heterocycles. The van der Waals surface area contributed by atoms with E-state index in [1.807, 2.05) is 17.6 Å². The normalized spacial score (nSPS) is 17.6. The van der Waals surface area contributed by atoms with Crippen LogP contribution in [0, 0.1) is 5.41 Å². The Morgan fingerprint density at radius 2 is 2.37 bits per heavy atom. The molecule has 0 radical (unpaired) electrons. The van der Waals surface area contributed by atoms with Gasteiger partial charge >= 0.3 is 0 Å². The Labute approximate surface area is 115 Å². The van der Waals surface area contributed by atoms with E-state index in [9.17, 15) is 0 Å². The highest BCUT2D eigenvalue weighted by atomic mass is 32.1. The molecule has 0 saturated heterocycles. The molecule has 100 valence electrons. The van der Waals surface area contributed by atoms with E-state index >= 15 is 0 Å². The first kappa shape index (κ1) is 12.2. The van der Waals surface area contributed by atoms with Crippen LogP contribution in [0.2, 0.25) is 0 Å². The number of nitrogens with one attached hydrogen (secondary N) is 1. The van der Waals surface area contributed by atoms with Gasteiger partial charge in [0.05, 0.1) is 15.7 Å². The maximum Gasteiger partial charge on any atom is 0.139 e. The molecule has 0 bridgehead atoms. The summed E-state index contributed by atoms with van der Waals surface area (Å²) >= 11 is 1.64. The summed E-state index contributed by atoms with van der Waals surface area (Å²) < 4.78 is 1.19. The monoisotopic (exact) mass is 276 g/mol. The van der Waals surface area contributed by atoms with Gasteiger partial charge in [-0.3, -0.25) is 0 Å². The minimum absolute atomic E-state index is 0.166. The Hall–Kier alpha value is -1.82. The van der Waals surface area contributed by atoms with E-state index in [1.165, 1.54) is 4.70 Å². The van der Waals surface area contributed by atoms with Crippen LogP contribution in [0.4, 0.5) is 5.69 Å². The molecule has 0 unspecified atom stereocenters. The fourth-order valence-corrected chi connectivity index (χ4v) is 2.98. The number of fused-ring (bicyclic) bond motifs is 1. The van der Waals surface area contributed by atoms with Crippen molar-refractivity contribution in [2.24, 2.45) is 16.3 Å². The highest BCUT2D eigenvalue weighted by Crippen LogP contribution is 2.48. The van der Waals surface area contributed by atoms with Gasteiger partial charge in [0.15, 0.2) is 0 Å². The third-order valence-electron chi connectivity index (χ3n) is 3.64. The van der Waals surface area contributed by atoms with Gasteiger partial charge in [0, 0.05) is 18.7 Å². The topological polar surface area (TPSA) is 83.5 Å². The second-order valence-corrected chi connectivity index (χ2v) is 6.04. The van der Waals surface area contributed by atoms with Gasteiger partial charge in [-0.15, -0.1) is 11.3 Å². The summed E-state index contributed by atoms with van der Waals surface area (Å²) in [5.74, 6) is 0.317. The van der Waals surface area contributed by atoms with Crippen molar-refractivity contribution in [1.82, 2.24) is 4.98 Å². The van der Waals surface area contributed by atoms with Gasteiger partial charge in [0.1, 0.15) is 5.84 Å². The minimum Gasteiger partial charge on any atom is -0.409 e. The molecule has 6 heteroatoms. The number of anilines is 1. The fraction of sp³-hybridized carbons (Fsp3) is 0.385. The number of nitrogens with zero attached hydrogens (tertiary/aromatic N) is 2. The fourth-order valence-electron chi connectivity index (χ4n) is 2.27. The van der Waals surface area contributed by atoms with E-state index in [0.29, 0.717) is 12.3 Å². The van der Waals surface area contributed by atoms with Crippen molar-refractivity contribution in [3.63, 3.8) is 0 Å². The number of hydrogen-bond acceptors (Lipinski definition) is 5. The summed E-state index contributed by atoms with van der Waals surface area (Å²) in [4.78, 5) is 4.26. The number of thiazole rings is 1. The van der Waals surface area contributed by atoms with Crippen LogP contribution in [0.15, 0.2) is 28.9 Å². The number of oxime groups is 1. The van der Waals surface area contributed by atoms with Gasteiger partial charge in [-0.05, 0) is 36.5 Å². The van der Waals surface area contributed by atoms with Crippen molar-refractivity contribution >= 4 is 33.1 Å². The first-order valence-electron chi connectivity index (χ1n) is 6.24. The van der Waals surface area contributed by atoms with Crippen molar-refractivity contribution in [2.75, 3.05) is 11.9 Å². The van der Waals surface area contributed by atoms with Crippen LogP contribution in [0.1, 0.15) is 19.3 Å². The molecule has 1 saturated carbocycles. The van der Waals surface area contributed by atoms with Crippen LogP contribution >= 0.6 is 11.3 Å². The smallest absolute Gasteiger partial charge is 0.139 e. The quantitative estimate of drug-likeness (QED) is 0.339. The maximum atomic E-state index is 8.64. The maximum absolute atomic E-state index is 8.64. The summed E-state index contributed by atoms with van der Waals surface area (Å²) in [5.41, 5.74) is 9.75. The molecule has 2 aromatic rings. The summed E-state index contributed by atoms with van der Waals surface area (Å²) in [7, 11) is 0. The largest absolute Gasteiger partial charge is 0.409 e. The highest BCUT2D eigenvalue weighted by molar-refractivity contribution is 7.16. The molecule has 0 spiro atoms. The third-order valence-corrected chi connectivity index (χ3v) is 4.43. The molecule has 1 aliphatic rings. The molecule has 5 nitrogen and oxygen atoms in total. The molecule has 0 aliphatic heterocycles. The molecule has 1 fully saturated rings. The van der Waals surface area contributed by atoms with E-state index in [4.69, 9.17) is 10.9 Å². The first-order chi connectivity index (χ1) is 9.21. The molecule has 1 aromatic carbocycles. The number of benzene rings is 1. The molecule has 19 heavy (non-hydrogen) atoms. The lowest BCUT2D eigenvalue weighted by Crippen LogP contribution is -2.23. The van der Waals surface area contributed by atoms with Crippen molar-refractivity contribution < 1.29 is 5.21 Å². The first-order valence-corrected chi connectivity index (χ1v) is 7.12.